The number of Topliss-reactive ketones (excluding diaryl/α,β-unsaturated/α-hetero) is 1. The molecule has 13 heavy (non-hydrogen) atoms. The highest BCUT2D eigenvalue weighted by Gasteiger charge is 2.00. The second kappa shape index (κ2) is 9.42. The fourth-order valence-electron chi connectivity index (χ4n) is 0.844. The minimum Gasteiger partial charge on any atom is -0.382 e. The van der Waals surface area contributed by atoms with Crippen molar-refractivity contribution in [1.29, 1.82) is 0 Å². The molecule has 0 saturated carbocycles. The number of ether oxygens (including phenoxy) is 2. The summed E-state index contributed by atoms with van der Waals surface area (Å²) in [6.07, 6.45) is 4.16. The van der Waals surface area contributed by atoms with Gasteiger partial charge < -0.3 is 9.47 Å². The van der Waals surface area contributed by atoms with E-state index in [4.69, 9.17) is 9.47 Å². The Bertz CT molecular complexity index is 143. The van der Waals surface area contributed by atoms with Gasteiger partial charge in [-0.3, -0.25) is 4.79 Å². The molecule has 0 unspecified atom stereocenters. The summed E-state index contributed by atoms with van der Waals surface area (Å²) >= 11 is 0. The van der Waals surface area contributed by atoms with Gasteiger partial charge in [0.15, 0.2) is 5.78 Å². The largest absolute Gasteiger partial charge is 0.382 e. The number of unbranched alkanes of at least 4 members (excludes halogenated alkanes) is 1. The molecule has 0 aliphatic heterocycles. The first kappa shape index (κ1) is 12.3. The Morgan fingerprint density at radius 1 is 1.46 bits per heavy atom. The maximum absolute atomic E-state index is 11.1. The third-order valence-corrected chi connectivity index (χ3v) is 1.56. The summed E-state index contributed by atoms with van der Waals surface area (Å²) in [5, 5.41) is 0. The van der Waals surface area contributed by atoms with E-state index in [9.17, 15) is 4.79 Å². The first-order valence-electron chi connectivity index (χ1n) is 4.50. The van der Waals surface area contributed by atoms with Crippen LogP contribution in [-0.2, 0) is 14.3 Å². The predicted octanol–water partition coefficient (Wildman–Crippen LogP) is 1.57. The normalized spacial score (nSPS) is 9.92. The molecule has 0 saturated heterocycles. The molecular weight excluding hydrogens is 168 g/mol. The molecule has 3 heteroatoms. The van der Waals surface area contributed by atoms with Gasteiger partial charge in [-0.25, -0.2) is 0 Å². The molecule has 0 aromatic rings. The summed E-state index contributed by atoms with van der Waals surface area (Å²) < 4.78 is 9.84. The first-order valence-corrected chi connectivity index (χ1v) is 4.50. The number of hydrogen-bond donors (Lipinski definition) is 0. The quantitative estimate of drug-likeness (QED) is 0.405. The van der Waals surface area contributed by atoms with Crippen LogP contribution in [0.4, 0.5) is 0 Å². The van der Waals surface area contributed by atoms with E-state index < -0.39 is 0 Å². The van der Waals surface area contributed by atoms with Gasteiger partial charge in [-0.2, -0.15) is 0 Å². The highest BCUT2D eigenvalue weighted by atomic mass is 16.5. The average Bonchev–Trinajstić information content (AvgIpc) is 2.13. The predicted molar refractivity (Wildman–Crippen MR) is 51.8 cm³/mol. The molecule has 0 radical (unpaired) electrons. The number of rotatable bonds is 9. The minimum atomic E-state index is 0.151. The standard InChI is InChI=1S/C10H18O3/c1-3-4-5-6-10(11)9-13-8-7-12-2/h3H,1,4-9H2,2H3. The van der Waals surface area contributed by atoms with Crippen molar-refractivity contribution in [2.75, 3.05) is 26.9 Å². The zero-order valence-corrected chi connectivity index (χ0v) is 8.25. The van der Waals surface area contributed by atoms with Gasteiger partial charge in [-0.05, 0) is 12.8 Å². The molecule has 3 nitrogen and oxygen atoms in total. The summed E-state index contributed by atoms with van der Waals surface area (Å²) in [5.41, 5.74) is 0. The van der Waals surface area contributed by atoms with Crippen molar-refractivity contribution in [3.05, 3.63) is 12.7 Å². The molecule has 76 valence electrons. The third-order valence-electron chi connectivity index (χ3n) is 1.56. The van der Waals surface area contributed by atoms with Gasteiger partial charge in [0.2, 0.25) is 0 Å². The Hall–Kier alpha value is -0.670. The number of hydrogen-bond acceptors (Lipinski definition) is 3. The van der Waals surface area contributed by atoms with Crippen molar-refractivity contribution < 1.29 is 14.3 Å². The van der Waals surface area contributed by atoms with E-state index in [0.717, 1.165) is 12.8 Å². The second-order valence-electron chi connectivity index (χ2n) is 2.76. The van der Waals surface area contributed by atoms with Crippen LogP contribution >= 0.6 is 0 Å². The second-order valence-corrected chi connectivity index (χ2v) is 2.76. The van der Waals surface area contributed by atoms with Gasteiger partial charge >= 0.3 is 0 Å². The van der Waals surface area contributed by atoms with Gasteiger partial charge in [-0.15, -0.1) is 6.58 Å². The number of ketones is 1. The van der Waals surface area contributed by atoms with Gasteiger partial charge in [0, 0.05) is 13.5 Å². The summed E-state index contributed by atoms with van der Waals surface area (Å²) in [6.45, 7) is 4.83. The highest BCUT2D eigenvalue weighted by molar-refractivity contribution is 5.79. The van der Waals surface area contributed by atoms with E-state index in [1.807, 2.05) is 6.08 Å². The SMILES string of the molecule is C=CCCCC(=O)COCCOC. The minimum absolute atomic E-state index is 0.151. The first-order chi connectivity index (χ1) is 6.31. The molecule has 0 fully saturated rings. The topological polar surface area (TPSA) is 35.5 Å². The van der Waals surface area contributed by atoms with Crippen molar-refractivity contribution in [1.82, 2.24) is 0 Å². The molecular formula is C10H18O3. The van der Waals surface area contributed by atoms with Gasteiger partial charge in [-0.1, -0.05) is 6.08 Å². The number of methoxy groups -OCH3 is 1. The van der Waals surface area contributed by atoms with Crippen molar-refractivity contribution in [3.8, 4) is 0 Å². The number of carbonyl (C=O) groups is 1. The van der Waals surface area contributed by atoms with E-state index in [2.05, 4.69) is 6.58 Å². The van der Waals surface area contributed by atoms with E-state index >= 15 is 0 Å². The van der Waals surface area contributed by atoms with Crippen LogP contribution in [0, 0.1) is 0 Å². The molecule has 0 spiro atoms. The highest BCUT2D eigenvalue weighted by Crippen LogP contribution is 1.97. The van der Waals surface area contributed by atoms with Gasteiger partial charge in [0.25, 0.3) is 0 Å². The van der Waals surface area contributed by atoms with E-state index in [0.29, 0.717) is 19.6 Å². The maximum Gasteiger partial charge on any atom is 0.158 e. The van der Waals surface area contributed by atoms with E-state index in [1.54, 1.807) is 7.11 Å². The van der Waals surface area contributed by atoms with Gasteiger partial charge in [0.1, 0.15) is 6.61 Å². The number of allylic oxidation sites excluding steroid dienone is 1. The lowest BCUT2D eigenvalue weighted by molar-refractivity contribution is -0.124. The summed E-state index contributed by atoms with van der Waals surface area (Å²) in [6, 6.07) is 0. The molecule has 0 aliphatic carbocycles. The molecule has 0 aromatic heterocycles. The Labute approximate surface area is 79.7 Å². The Kier molecular flexibility index (Phi) is 8.93. The zero-order chi connectivity index (χ0) is 9.94. The maximum atomic E-state index is 11.1. The Morgan fingerprint density at radius 3 is 2.85 bits per heavy atom. The van der Waals surface area contributed by atoms with Crippen LogP contribution in [0.2, 0.25) is 0 Å². The fraction of sp³-hybridized carbons (Fsp3) is 0.700. The Morgan fingerprint density at radius 2 is 2.23 bits per heavy atom. The molecule has 0 atom stereocenters. The summed E-state index contributed by atoms with van der Waals surface area (Å²) in [7, 11) is 1.61. The molecule has 0 aromatic carbocycles. The van der Waals surface area contributed by atoms with Crippen LogP contribution in [0.3, 0.4) is 0 Å². The molecule has 0 rings (SSSR count). The molecule has 0 N–H and O–H groups in total. The van der Waals surface area contributed by atoms with E-state index in [1.165, 1.54) is 0 Å². The monoisotopic (exact) mass is 186 g/mol. The van der Waals surface area contributed by atoms with Crippen molar-refractivity contribution in [2.24, 2.45) is 0 Å². The lowest BCUT2D eigenvalue weighted by atomic mass is 10.2. The van der Waals surface area contributed by atoms with Crippen LogP contribution in [-0.4, -0.2) is 32.7 Å². The molecule has 0 bridgehead atoms. The lowest BCUT2D eigenvalue weighted by Gasteiger charge is -2.01. The smallest absolute Gasteiger partial charge is 0.158 e. The average molecular weight is 186 g/mol. The summed E-state index contributed by atoms with van der Waals surface area (Å²) in [4.78, 5) is 11.1. The van der Waals surface area contributed by atoms with Crippen LogP contribution < -0.4 is 0 Å². The lowest BCUT2D eigenvalue weighted by Crippen LogP contribution is -2.11. The third kappa shape index (κ3) is 9.24. The Balaban J connectivity index is 3.15. The van der Waals surface area contributed by atoms with Crippen LogP contribution in [0.5, 0.6) is 0 Å². The summed E-state index contributed by atoms with van der Waals surface area (Å²) in [5.74, 6) is 0.151. The zero-order valence-electron chi connectivity index (χ0n) is 8.25. The van der Waals surface area contributed by atoms with Crippen LogP contribution in [0.25, 0.3) is 0 Å². The molecule has 0 aliphatic rings. The molecule has 0 amide bonds. The van der Waals surface area contributed by atoms with Gasteiger partial charge in [0.05, 0.1) is 13.2 Å². The van der Waals surface area contributed by atoms with Crippen molar-refractivity contribution in [3.63, 3.8) is 0 Å². The van der Waals surface area contributed by atoms with E-state index in [-0.39, 0.29) is 12.4 Å². The number of carbonyl (C=O) groups excluding carboxylic acids is 1. The van der Waals surface area contributed by atoms with Crippen LogP contribution in [0.15, 0.2) is 12.7 Å². The van der Waals surface area contributed by atoms with Crippen molar-refractivity contribution >= 4 is 5.78 Å². The van der Waals surface area contributed by atoms with Crippen LogP contribution in [0.1, 0.15) is 19.3 Å². The molecule has 0 heterocycles. The fourth-order valence-corrected chi connectivity index (χ4v) is 0.844. The van der Waals surface area contributed by atoms with Crippen molar-refractivity contribution in [2.45, 2.75) is 19.3 Å².